The van der Waals surface area contributed by atoms with Gasteiger partial charge in [-0.3, -0.25) is 4.98 Å². The van der Waals surface area contributed by atoms with Crippen molar-refractivity contribution in [1.29, 1.82) is 0 Å². The molecular formula is C17H22N2. The zero-order valence-electron chi connectivity index (χ0n) is 11.8. The monoisotopic (exact) mass is 254 g/mol. The average Bonchev–Trinajstić information content (AvgIpc) is 2.37. The molecule has 0 amide bonds. The number of hydrogen-bond acceptors (Lipinski definition) is 2. The molecule has 0 unspecified atom stereocenters. The summed E-state index contributed by atoms with van der Waals surface area (Å²) in [5, 5.41) is 2.59. The van der Waals surface area contributed by atoms with Crippen molar-refractivity contribution < 1.29 is 0 Å². The predicted octanol–water partition coefficient (Wildman–Crippen LogP) is 3.74. The molecule has 1 fully saturated rings. The van der Waals surface area contributed by atoms with Crippen molar-refractivity contribution >= 4 is 10.8 Å². The lowest BCUT2D eigenvalue weighted by atomic mass is 9.64. The molecule has 0 spiro atoms. The lowest BCUT2D eigenvalue weighted by Gasteiger charge is -2.41. The molecule has 0 radical (unpaired) electrons. The molecule has 0 saturated heterocycles. The Balaban J connectivity index is 2.12. The molecule has 2 heteroatoms. The molecule has 2 N–H and O–H groups in total. The van der Waals surface area contributed by atoms with E-state index in [-0.39, 0.29) is 5.41 Å². The summed E-state index contributed by atoms with van der Waals surface area (Å²) in [6.45, 7) is 5.20. The number of rotatable bonds is 3. The van der Waals surface area contributed by atoms with Crippen LogP contribution in [-0.2, 0) is 5.41 Å². The van der Waals surface area contributed by atoms with Crippen LogP contribution in [0.3, 0.4) is 0 Å². The highest BCUT2D eigenvalue weighted by Crippen LogP contribution is 2.43. The number of fused-ring (bicyclic) bond motifs is 1. The van der Waals surface area contributed by atoms with Crippen LogP contribution in [0.25, 0.3) is 10.8 Å². The van der Waals surface area contributed by atoms with Crippen molar-refractivity contribution in [3.05, 3.63) is 41.7 Å². The van der Waals surface area contributed by atoms with Gasteiger partial charge in [-0.25, -0.2) is 0 Å². The molecule has 1 aromatic carbocycles. The van der Waals surface area contributed by atoms with Crippen LogP contribution in [0.1, 0.15) is 50.2 Å². The van der Waals surface area contributed by atoms with Crippen LogP contribution in [0.15, 0.2) is 30.6 Å². The van der Waals surface area contributed by atoms with Gasteiger partial charge in [0.05, 0.1) is 0 Å². The number of nitrogens with zero attached hydrogens (tertiary/aromatic N) is 1. The van der Waals surface area contributed by atoms with Crippen LogP contribution < -0.4 is 5.73 Å². The topological polar surface area (TPSA) is 38.9 Å². The second-order valence-corrected chi connectivity index (χ2v) is 6.16. The number of nitrogens with two attached hydrogens (primary N) is 1. The number of benzene rings is 1. The highest BCUT2D eigenvalue weighted by atomic mass is 14.6. The molecule has 19 heavy (non-hydrogen) atoms. The van der Waals surface area contributed by atoms with Crippen molar-refractivity contribution in [2.45, 2.75) is 44.4 Å². The molecule has 100 valence electrons. The maximum Gasteiger partial charge on any atom is 0.0346 e. The summed E-state index contributed by atoms with van der Waals surface area (Å²) in [6, 6.07) is 6.85. The van der Waals surface area contributed by atoms with E-state index in [0.717, 1.165) is 6.54 Å². The fourth-order valence-electron chi connectivity index (χ4n) is 3.20. The molecule has 1 aliphatic rings. The second kappa shape index (κ2) is 4.61. The fourth-order valence-corrected chi connectivity index (χ4v) is 3.20. The van der Waals surface area contributed by atoms with Gasteiger partial charge in [-0.15, -0.1) is 0 Å². The summed E-state index contributed by atoms with van der Waals surface area (Å²) in [6.07, 6.45) is 7.74. The maximum absolute atomic E-state index is 6.01. The summed E-state index contributed by atoms with van der Waals surface area (Å²) in [7, 11) is 0. The number of hydrogen-bond donors (Lipinski definition) is 1. The Labute approximate surface area is 115 Å². The average molecular weight is 254 g/mol. The van der Waals surface area contributed by atoms with Gasteiger partial charge in [-0.1, -0.05) is 32.4 Å². The minimum Gasteiger partial charge on any atom is -0.330 e. The van der Waals surface area contributed by atoms with Gasteiger partial charge in [0.2, 0.25) is 0 Å². The largest absolute Gasteiger partial charge is 0.330 e. The molecule has 1 aliphatic carbocycles. The molecule has 1 heterocycles. The summed E-state index contributed by atoms with van der Waals surface area (Å²) in [5.41, 5.74) is 8.98. The van der Waals surface area contributed by atoms with Gasteiger partial charge in [-0.2, -0.15) is 0 Å². The highest BCUT2D eigenvalue weighted by molar-refractivity contribution is 5.86. The van der Waals surface area contributed by atoms with Gasteiger partial charge < -0.3 is 5.73 Å². The van der Waals surface area contributed by atoms with E-state index in [0.29, 0.717) is 5.92 Å². The first-order chi connectivity index (χ1) is 9.16. The Hall–Kier alpha value is -1.41. The van der Waals surface area contributed by atoms with Crippen molar-refractivity contribution in [2.75, 3.05) is 6.54 Å². The Morgan fingerprint density at radius 3 is 2.63 bits per heavy atom. The lowest BCUT2D eigenvalue weighted by molar-refractivity contribution is 0.253. The summed E-state index contributed by atoms with van der Waals surface area (Å²) in [5.74, 6) is 0.509. The van der Waals surface area contributed by atoms with Crippen LogP contribution >= 0.6 is 0 Å². The van der Waals surface area contributed by atoms with Gasteiger partial charge in [0.1, 0.15) is 0 Å². The Morgan fingerprint density at radius 1 is 1.26 bits per heavy atom. The zero-order chi connectivity index (χ0) is 13.5. The van der Waals surface area contributed by atoms with Gasteiger partial charge in [0.25, 0.3) is 0 Å². The summed E-state index contributed by atoms with van der Waals surface area (Å²) < 4.78 is 0. The van der Waals surface area contributed by atoms with Crippen LogP contribution in [-0.4, -0.2) is 11.5 Å². The van der Waals surface area contributed by atoms with E-state index in [1.165, 1.54) is 41.2 Å². The fraction of sp³-hybridized carbons (Fsp3) is 0.471. The predicted molar refractivity (Wildman–Crippen MR) is 80.4 cm³/mol. The summed E-state index contributed by atoms with van der Waals surface area (Å²) in [4.78, 5) is 4.40. The quantitative estimate of drug-likeness (QED) is 0.906. The Bertz CT molecular complexity index is 592. The van der Waals surface area contributed by atoms with E-state index in [2.05, 4.69) is 37.0 Å². The number of aromatic nitrogens is 1. The van der Waals surface area contributed by atoms with Crippen LogP contribution in [0.2, 0.25) is 0 Å². The first-order valence-electron chi connectivity index (χ1n) is 7.24. The molecule has 1 saturated carbocycles. The van der Waals surface area contributed by atoms with Crippen molar-refractivity contribution in [1.82, 2.24) is 4.98 Å². The van der Waals surface area contributed by atoms with Crippen molar-refractivity contribution in [3.8, 4) is 0 Å². The lowest BCUT2D eigenvalue weighted by Crippen LogP contribution is -2.41. The van der Waals surface area contributed by atoms with Crippen LogP contribution in [0, 0.1) is 0 Å². The van der Waals surface area contributed by atoms with E-state index in [1.54, 1.807) is 0 Å². The molecule has 2 aromatic rings. The van der Waals surface area contributed by atoms with Crippen molar-refractivity contribution in [3.63, 3.8) is 0 Å². The first kappa shape index (κ1) is 12.6. The zero-order valence-corrected chi connectivity index (χ0v) is 11.8. The third kappa shape index (κ3) is 1.95. The van der Waals surface area contributed by atoms with E-state index in [4.69, 9.17) is 5.73 Å². The molecule has 0 atom stereocenters. The number of pyridine rings is 1. The SMILES string of the molecule is CC(C)c1cncc2cc(C3(CN)CCC3)ccc12. The van der Waals surface area contributed by atoms with Gasteiger partial charge in [0, 0.05) is 29.7 Å². The van der Waals surface area contributed by atoms with Gasteiger partial charge in [-0.05, 0) is 41.3 Å². The third-order valence-corrected chi connectivity index (χ3v) is 4.73. The first-order valence-corrected chi connectivity index (χ1v) is 7.24. The molecule has 3 rings (SSSR count). The van der Waals surface area contributed by atoms with E-state index < -0.39 is 0 Å². The molecular weight excluding hydrogens is 232 g/mol. The van der Waals surface area contributed by atoms with E-state index in [1.807, 2.05) is 12.4 Å². The van der Waals surface area contributed by atoms with E-state index in [9.17, 15) is 0 Å². The minimum absolute atomic E-state index is 0.238. The highest BCUT2D eigenvalue weighted by Gasteiger charge is 2.37. The molecule has 2 nitrogen and oxygen atoms in total. The Kier molecular flexibility index (Phi) is 3.06. The van der Waals surface area contributed by atoms with Crippen LogP contribution in [0.4, 0.5) is 0 Å². The Morgan fingerprint density at radius 2 is 2.05 bits per heavy atom. The molecule has 1 aromatic heterocycles. The minimum atomic E-state index is 0.238. The van der Waals surface area contributed by atoms with Crippen molar-refractivity contribution in [2.24, 2.45) is 5.73 Å². The normalized spacial score (nSPS) is 17.7. The second-order valence-electron chi connectivity index (χ2n) is 6.16. The van der Waals surface area contributed by atoms with E-state index >= 15 is 0 Å². The summed E-state index contributed by atoms with van der Waals surface area (Å²) >= 11 is 0. The van der Waals surface area contributed by atoms with Crippen LogP contribution in [0.5, 0.6) is 0 Å². The maximum atomic E-state index is 6.01. The standard InChI is InChI=1S/C17H22N2/c1-12(2)16-10-19-9-13-8-14(4-5-15(13)16)17(11-18)6-3-7-17/h4-5,8-10,12H,3,6-7,11,18H2,1-2H3. The van der Waals surface area contributed by atoms with Gasteiger partial charge >= 0.3 is 0 Å². The smallest absolute Gasteiger partial charge is 0.0346 e. The van der Waals surface area contributed by atoms with Gasteiger partial charge in [0.15, 0.2) is 0 Å². The third-order valence-electron chi connectivity index (χ3n) is 4.73. The molecule has 0 aliphatic heterocycles. The molecule has 0 bridgehead atoms.